The summed E-state index contributed by atoms with van der Waals surface area (Å²) in [5.41, 5.74) is 7.12. The number of primary amides is 1. The van der Waals surface area contributed by atoms with Crippen LogP contribution in [0.25, 0.3) is 0 Å². The molecule has 1 aliphatic heterocycles. The van der Waals surface area contributed by atoms with Gasteiger partial charge in [-0.3, -0.25) is 4.79 Å². The molecule has 0 bridgehead atoms. The van der Waals surface area contributed by atoms with Crippen LogP contribution in [0.4, 0.5) is 14.9 Å². The van der Waals surface area contributed by atoms with Crippen LogP contribution in [0.15, 0.2) is 48.5 Å². The van der Waals surface area contributed by atoms with E-state index >= 15 is 0 Å². The number of nitrogens with zero attached hydrogens (tertiary/aromatic N) is 1. The van der Waals surface area contributed by atoms with E-state index in [2.05, 4.69) is 5.32 Å². The van der Waals surface area contributed by atoms with E-state index in [0.717, 1.165) is 24.8 Å². The zero-order chi connectivity index (χ0) is 18.5. The highest BCUT2D eigenvalue weighted by molar-refractivity contribution is 5.92. The molecule has 0 atom stereocenters. The van der Waals surface area contributed by atoms with Crippen LogP contribution in [0.1, 0.15) is 28.8 Å². The van der Waals surface area contributed by atoms with Gasteiger partial charge in [0.05, 0.1) is 5.69 Å². The van der Waals surface area contributed by atoms with Crippen molar-refractivity contribution < 1.29 is 14.0 Å². The highest BCUT2D eigenvalue weighted by Gasteiger charge is 2.23. The van der Waals surface area contributed by atoms with Crippen LogP contribution in [0.5, 0.6) is 0 Å². The lowest BCUT2D eigenvalue weighted by molar-refractivity contribution is 0.1000. The predicted molar refractivity (Wildman–Crippen MR) is 98.4 cm³/mol. The number of hydrogen-bond donors (Lipinski definition) is 2. The van der Waals surface area contributed by atoms with E-state index in [0.29, 0.717) is 24.6 Å². The summed E-state index contributed by atoms with van der Waals surface area (Å²) >= 11 is 0. The summed E-state index contributed by atoms with van der Waals surface area (Å²) in [6, 6.07) is 13.2. The van der Waals surface area contributed by atoms with E-state index in [-0.39, 0.29) is 11.7 Å². The zero-order valence-corrected chi connectivity index (χ0v) is 14.5. The Balaban J connectivity index is 1.50. The summed E-state index contributed by atoms with van der Waals surface area (Å²) in [6.07, 6.45) is 2.69. The van der Waals surface area contributed by atoms with Crippen molar-refractivity contribution in [1.29, 1.82) is 0 Å². The summed E-state index contributed by atoms with van der Waals surface area (Å²) in [5, 5.41) is 2.63. The Labute approximate surface area is 152 Å². The number of benzene rings is 2. The van der Waals surface area contributed by atoms with Crippen molar-refractivity contribution in [3.8, 4) is 0 Å². The maximum Gasteiger partial charge on any atom is 0.321 e. The second kappa shape index (κ2) is 7.99. The molecule has 3 rings (SSSR count). The first-order chi connectivity index (χ1) is 12.5. The molecule has 2 aromatic rings. The number of nitrogens with two attached hydrogens (primary N) is 1. The van der Waals surface area contributed by atoms with Crippen LogP contribution in [-0.2, 0) is 6.42 Å². The minimum Gasteiger partial charge on any atom is -0.366 e. The fourth-order valence-corrected chi connectivity index (χ4v) is 3.24. The Morgan fingerprint density at radius 3 is 2.35 bits per heavy atom. The number of carbonyl (C=O) groups is 2. The van der Waals surface area contributed by atoms with Gasteiger partial charge in [-0.15, -0.1) is 0 Å². The van der Waals surface area contributed by atoms with Crippen molar-refractivity contribution in [1.82, 2.24) is 4.90 Å². The van der Waals surface area contributed by atoms with Crippen molar-refractivity contribution in [2.75, 3.05) is 18.4 Å². The minimum atomic E-state index is -0.435. The van der Waals surface area contributed by atoms with Crippen LogP contribution in [0, 0.1) is 11.7 Å². The molecule has 1 heterocycles. The minimum absolute atomic E-state index is 0.203. The van der Waals surface area contributed by atoms with Gasteiger partial charge in [0.2, 0.25) is 5.91 Å². The average Bonchev–Trinajstić information content (AvgIpc) is 2.64. The largest absolute Gasteiger partial charge is 0.366 e. The van der Waals surface area contributed by atoms with Crippen molar-refractivity contribution in [2.45, 2.75) is 19.3 Å². The molecule has 0 radical (unpaired) electrons. The summed E-state index contributed by atoms with van der Waals surface area (Å²) in [4.78, 5) is 25.1. The molecular weight excluding hydrogens is 333 g/mol. The van der Waals surface area contributed by atoms with Gasteiger partial charge < -0.3 is 16.0 Å². The first-order valence-electron chi connectivity index (χ1n) is 8.72. The molecular formula is C20H22FN3O2. The molecule has 1 saturated heterocycles. The summed E-state index contributed by atoms with van der Waals surface area (Å²) in [5.74, 6) is -0.382. The van der Waals surface area contributed by atoms with Crippen LogP contribution in [0.2, 0.25) is 0 Å². The third kappa shape index (κ3) is 4.39. The Morgan fingerprint density at radius 2 is 1.73 bits per heavy atom. The van der Waals surface area contributed by atoms with Gasteiger partial charge in [-0.05, 0) is 55.0 Å². The molecule has 0 spiro atoms. The van der Waals surface area contributed by atoms with Gasteiger partial charge in [0.1, 0.15) is 5.82 Å². The predicted octanol–water partition coefficient (Wildman–Crippen LogP) is 3.41. The topological polar surface area (TPSA) is 75.4 Å². The summed E-state index contributed by atoms with van der Waals surface area (Å²) in [7, 11) is 0. The number of urea groups is 1. The fraction of sp³-hybridized carbons (Fsp3) is 0.300. The second-order valence-corrected chi connectivity index (χ2v) is 6.61. The SMILES string of the molecule is NC(=O)c1ccc(CC2CCN(C(=O)Nc3ccccc3F)CC2)cc1. The monoisotopic (exact) mass is 355 g/mol. The Bertz CT molecular complexity index is 784. The molecule has 6 heteroatoms. The Kier molecular flexibility index (Phi) is 5.51. The Hall–Kier alpha value is -2.89. The number of carbonyl (C=O) groups excluding carboxylic acids is 2. The van der Waals surface area contributed by atoms with E-state index in [4.69, 9.17) is 5.73 Å². The molecule has 0 aromatic heterocycles. The van der Waals surface area contributed by atoms with Crippen molar-refractivity contribution in [3.05, 3.63) is 65.5 Å². The van der Waals surface area contributed by atoms with Gasteiger partial charge in [-0.1, -0.05) is 24.3 Å². The van der Waals surface area contributed by atoms with E-state index in [1.807, 2.05) is 12.1 Å². The van der Waals surface area contributed by atoms with E-state index in [1.165, 1.54) is 6.07 Å². The van der Waals surface area contributed by atoms with E-state index in [1.54, 1.807) is 35.2 Å². The standard InChI is InChI=1S/C20H22FN3O2/c21-17-3-1-2-4-18(17)23-20(26)24-11-9-15(10-12-24)13-14-5-7-16(8-6-14)19(22)25/h1-8,15H,9-13H2,(H2,22,25)(H,23,26). The number of amides is 3. The molecule has 0 saturated carbocycles. The number of anilines is 1. The number of nitrogens with one attached hydrogen (secondary N) is 1. The molecule has 3 N–H and O–H groups in total. The zero-order valence-electron chi connectivity index (χ0n) is 14.5. The highest BCUT2D eigenvalue weighted by atomic mass is 19.1. The first kappa shape index (κ1) is 17.9. The maximum absolute atomic E-state index is 13.6. The van der Waals surface area contributed by atoms with Gasteiger partial charge in [0, 0.05) is 18.7 Å². The van der Waals surface area contributed by atoms with Crippen LogP contribution >= 0.6 is 0 Å². The smallest absolute Gasteiger partial charge is 0.321 e. The van der Waals surface area contributed by atoms with Gasteiger partial charge in [-0.2, -0.15) is 0 Å². The molecule has 26 heavy (non-hydrogen) atoms. The average molecular weight is 355 g/mol. The van der Waals surface area contributed by atoms with Crippen LogP contribution in [0.3, 0.4) is 0 Å². The molecule has 1 aliphatic rings. The van der Waals surface area contributed by atoms with Crippen molar-refractivity contribution >= 4 is 17.6 Å². The van der Waals surface area contributed by atoms with Crippen LogP contribution in [-0.4, -0.2) is 29.9 Å². The molecule has 0 aliphatic carbocycles. The van der Waals surface area contributed by atoms with E-state index in [9.17, 15) is 14.0 Å². The molecule has 3 amide bonds. The third-order valence-corrected chi connectivity index (χ3v) is 4.78. The molecule has 136 valence electrons. The number of rotatable bonds is 4. The number of hydrogen-bond acceptors (Lipinski definition) is 2. The number of piperidine rings is 1. The fourth-order valence-electron chi connectivity index (χ4n) is 3.24. The maximum atomic E-state index is 13.6. The van der Waals surface area contributed by atoms with Crippen molar-refractivity contribution in [2.24, 2.45) is 11.7 Å². The van der Waals surface area contributed by atoms with Crippen LogP contribution < -0.4 is 11.1 Å². The van der Waals surface area contributed by atoms with E-state index < -0.39 is 11.7 Å². The number of para-hydroxylation sites is 1. The first-order valence-corrected chi connectivity index (χ1v) is 8.72. The third-order valence-electron chi connectivity index (χ3n) is 4.78. The second-order valence-electron chi connectivity index (χ2n) is 6.61. The summed E-state index contributed by atoms with van der Waals surface area (Å²) < 4.78 is 13.6. The van der Waals surface area contributed by atoms with Gasteiger partial charge >= 0.3 is 6.03 Å². The normalized spacial score (nSPS) is 14.9. The van der Waals surface area contributed by atoms with Gasteiger partial charge in [0.25, 0.3) is 0 Å². The lowest BCUT2D eigenvalue weighted by Gasteiger charge is -2.32. The number of likely N-dealkylation sites (tertiary alicyclic amines) is 1. The Morgan fingerprint density at radius 1 is 1.08 bits per heavy atom. The number of halogens is 1. The molecule has 0 unspecified atom stereocenters. The molecule has 5 nitrogen and oxygen atoms in total. The highest BCUT2D eigenvalue weighted by Crippen LogP contribution is 2.23. The summed E-state index contributed by atoms with van der Waals surface area (Å²) in [6.45, 7) is 1.29. The molecule has 2 aromatic carbocycles. The quantitative estimate of drug-likeness (QED) is 0.882. The lowest BCUT2D eigenvalue weighted by atomic mass is 9.90. The van der Waals surface area contributed by atoms with Crippen molar-refractivity contribution in [3.63, 3.8) is 0 Å². The van der Waals surface area contributed by atoms with Gasteiger partial charge in [0.15, 0.2) is 0 Å². The lowest BCUT2D eigenvalue weighted by Crippen LogP contribution is -2.41. The van der Waals surface area contributed by atoms with Gasteiger partial charge in [-0.25, -0.2) is 9.18 Å². The molecule has 1 fully saturated rings.